The molecule has 0 aliphatic carbocycles. The van der Waals surface area contributed by atoms with E-state index in [1.54, 1.807) is 12.1 Å². The zero-order valence-corrected chi connectivity index (χ0v) is 26.0. The summed E-state index contributed by atoms with van der Waals surface area (Å²) in [6.45, 7) is 3.56. The molecule has 1 aliphatic rings. The number of carbonyl (C=O) groups excluding carboxylic acids is 3. The molecular formula is C32H39N5O7S. The fourth-order valence-corrected chi connectivity index (χ4v) is 6.51. The van der Waals surface area contributed by atoms with Crippen molar-refractivity contribution in [1.82, 2.24) is 9.62 Å². The molecule has 0 aromatic heterocycles. The highest BCUT2D eigenvalue weighted by Crippen LogP contribution is 2.24. The fraction of sp³-hybridized carbons (Fsp3) is 0.344. The second-order valence-electron chi connectivity index (χ2n) is 11.2. The first-order valence-electron chi connectivity index (χ1n) is 14.6. The van der Waals surface area contributed by atoms with Gasteiger partial charge in [0.15, 0.2) is 6.10 Å². The minimum atomic E-state index is -4.03. The summed E-state index contributed by atoms with van der Waals surface area (Å²) in [4.78, 5) is 39.0. The predicted molar refractivity (Wildman–Crippen MR) is 170 cm³/mol. The third kappa shape index (κ3) is 8.38. The van der Waals surface area contributed by atoms with Gasteiger partial charge in [0.25, 0.3) is 5.91 Å². The van der Waals surface area contributed by atoms with Crippen LogP contribution in [-0.4, -0.2) is 73.6 Å². The first-order chi connectivity index (χ1) is 21.4. The lowest BCUT2D eigenvalue weighted by molar-refractivity contribution is -0.129. The maximum Gasteiger partial charge on any atom is 0.415 e. The smallest absolute Gasteiger partial charge is 0.415 e. The Balaban J connectivity index is 1.56. The lowest BCUT2D eigenvalue weighted by Gasteiger charge is -2.31. The van der Waals surface area contributed by atoms with Crippen molar-refractivity contribution in [2.75, 3.05) is 30.3 Å². The summed E-state index contributed by atoms with van der Waals surface area (Å²) < 4.78 is 34.0. The highest BCUT2D eigenvalue weighted by atomic mass is 32.2. The number of amides is 3. The third-order valence-corrected chi connectivity index (χ3v) is 9.60. The van der Waals surface area contributed by atoms with Gasteiger partial charge in [-0.25, -0.2) is 13.2 Å². The summed E-state index contributed by atoms with van der Waals surface area (Å²) in [5, 5.41) is 14.3. The number of cyclic esters (lactones) is 1. The number of ether oxygens (including phenoxy) is 1. The lowest BCUT2D eigenvalue weighted by Crippen LogP contribution is -2.53. The molecule has 0 spiro atoms. The molecule has 1 fully saturated rings. The molecule has 45 heavy (non-hydrogen) atoms. The average Bonchev–Trinajstić information content (AvgIpc) is 3.42. The second-order valence-corrected chi connectivity index (χ2v) is 13.1. The van der Waals surface area contributed by atoms with Crippen molar-refractivity contribution in [2.45, 2.75) is 49.8 Å². The van der Waals surface area contributed by atoms with Gasteiger partial charge in [0.2, 0.25) is 15.9 Å². The Bertz CT molecular complexity index is 1600. The molecule has 13 heteroatoms. The number of rotatable bonds is 14. The number of primary amides is 1. The lowest BCUT2D eigenvalue weighted by atomic mass is 10.0. The molecule has 3 amide bonds. The first kappa shape index (κ1) is 33.4. The molecule has 3 unspecified atom stereocenters. The molecule has 3 aromatic carbocycles. The molecule has 1 heterocycles. The van der Waals surface area contributed by atoms with Crippen LogP contribution in [-0.2, 0) is 26.0 Å². The van der Waals surface area contributed by atoms with Crippen LogP contribution in [0.15, 0.2) is 83.8 Å². The number of anilines is 2. The minimum Gasteiger partial charge on any atom is -0.434 e. The van der Waals surface area contributed by atoms with Crippen LogP contribution in [0.5, 0.6) is 0 Å². The van der Waals surface area contributed by atoms with Crippen molar-refractivity contribution < 1.29 is 32.6 Å². The van der Waals surface area contributed by atoms with Gasteiger partial charge in [-0.15, -0.1) is 0 Å². The van der Waals surface area contributed by atoms with Gasteiger partial charge in [0, 0.05) is 30.0 Å². The number of carbonyl (C=O) groups is 3. The Hall–Kier alpha value is -4.46. The SMILES string of the molecule is CC[C@H](C)CN(CC(O)C(Cc1ccccc1)NC(=O)C1CN(c2cccc(C(N)=O)c2)C(=O)O1)S(=O)(=O)c1ccc(N)cc1. The molecule has 4 atom stereocenters. The molecular weight excluding hydrogens is 598 g/mol. The molecule has 3 aromatic rings. The summed E-state index contributed by atoms with van der Waals surface area (Å²) in [5.41, 5.74) is 12.9. The van der Waals surface area contributed by atoms with Gasteiger partial charge in [-0.05, 0) is 60.4 Å². The molecule has 0 bridgehead atoms. The summed E-state index contributed by atoms with van der Waals surface area (Å²) in [7, 11) is -4.03. The van der Waals surface area contributed by atoms with E-state index in [0.29, 0.717) is 17.8 Å². The van der Waals surface area contributed by atoms with Gasteiger partial charge in [0.05, 0.1) is 23.6 Å². The summed E-state index contributed by atoms with van der Waals surface area (Å²) in [5.74, 6) is -1.34. The van der Waals surface area contributed by atoms with Crippen molar-refractivity contribution in [3.05, 3.63) is 90.0 Å². The van der Waals surface area contributed by atoms with E-state index in [4.69, 9.17) is 16.2 Å². The number of nitrogens with two attached hydrogens (primary N) is 2. The summed E-state index contributed by atoms with van der Waals surface area (Å²) >= 11 is 0. The molecule has 0 radical (unpaired) electrons. The quantitative estimate of drug-likeness (QED) is 0.194. The van der Waals surface area contributed by atoms with Crippen LogP contribution in [0.4, 0.5) is 16.2 Å². The Morgan fingerprint density at radius 3 is 2.40 bits per heavy atom. The molecule has 1 saturated heterocycles. The van der Waals surface area contributed by atoms with Gasteiger partial charge in [-0.3, -0.25) is 14.5 Å². The normalized spacial score (nSPS) is 17.0. The molecule has 0 saturated carbocycles. The molecule has 6 N–H and O–H groups in total. The molecule has 4 rings (SSSR count). The largest absolute Gasteiger partial charge is 0.434 e. The standard InChI is InChI=1S/C32H39N5O7S/c1-3-21(2)18-36(45(42,43)26-14-12-24(33)13-15-26)19-28(38)27(16-22-8-5-4-6-9-22)35-31(40)29-20-37(32(41)44-29)25-11-7-10-23(17-25)30(34)39/h4-15,17,21,27-29,38H,3,16,18-20,33H2,1-2H3,(H2,34,39)(H,35,40)/t21-,27?,28?,29?/m0/s1. The van der Waals surface area contributed by atoms with Gasteiger partial charge in [-0.1, -0.05) is 56.7 Å². The molecule has 1 aliphatic heterocycles. The highest BCUT2D eigenvalue weighted by Gasteiger charge is 2.39. The number of hydrogen-bond donors (Lipinski definition) is 4. The van der Waals surface area contributed by atoms with E-state index in [9.17, 15) is 27.9 Å². The summed E-state index contributed by atoms with van der Waals surface area (Å²) in [6.07, 6.45) is -2.46. The number of aliphatic hydroxyl groups is 1. The number of nitrogens with one attached hydrogen (secondary N) is 1. The zero-order chi connectivity index (χ0) is 32.7. The van der Waals surface area contributed by atoms with Crippen molar-refractivity contribution in [3.63, 3.8) is 0 Å². The van der Waals surface area contributed by atoms with E-state index >= 15 is 0 Å². The Morgan fingerprint density at radius 2 is 1.76 bits per heavy atom. The van der Waals surface area contributed by atoms with Crippen molar-refractivity contribution in [1.29, 1.82) is 0 Å². The van der Waals surface area contributed by atoms with Gasteiger partial charge >= 0.3 is 6.09 Å². The first-order valence-corrected chi connectivity index (χ1v) is 16.1. The van der Waals surface area contributed by atoms with E-state index < -0.39 is 46.2 Å². The van der Waals surface area contributed by atoms with E-state index in [0.717, 1.165) is 5.56 Å². The van der Waals surface area contributed by atoms with Gasteiger partial charge < -0.3 is 26.6 Å². The Labute approximate surface area is 263 Å². The van der Waals surface area contributed by atoms with Crippen LogP contribution in [0.2, 0.25) is 0 Å². The van der Waals surface area contributed by atoms with Gasteiger partial charge in [-0.2, -0.15) is 4.31 Å². The van der Waals surface area contributed by atoms with Crippen molar-refractivity contribution in [3.8, 4) is 0 Å². The number of benzene rings is 3. The van der Waals surface area contributed by atoms with E-state index in [1.165, 1.54) is 45.6 Å². The van der Waals surface area contributed by atoms with Gasteiger partial charge in [0.1, 0.15) is 0 Å². The van der Waals surface area contributed by atoms with E-state index in [1.807, 2.05) is 44.2 Å². The maximum atomic E-state index is 13.7. The predicted octanol–water partition coefficient (Wildman–Crippen LogP) is 2.52. The van der Waals surface area contributed by atoms with E-state index in [2.05, 4.69) is 5.32 Å². The number of hydrogen-bond acceptors (Lipinski definition) is 8. The van der Waals surface area contributed by atoms with Crippen molar-refractivity contribution in [2.24, 2.45) is 11.7 Å². The Morgan fingerprint density at radius 1 is 1.07 bits per heavy atom. The number of nitrogens with zero attached hydrogens (tertiary/aromatic N) is 2. The topological polar surface area (TPSA) is 185 Å². The monoisotopic (exact) mass is 637 g/mol. The van der Waals surface area contributed by atoms with Crippen LogP contribution in [0, 0.1) is 5.92 Å². The van der Waals surface area contributed by atoms with Crippen LogP contribution < -0.4 is 21.7 Å². The molecule has 240 valence electrons. The van der Waals surface area contributed by atoms with Crippen LogP contribution in [0.1, 0.15) is 36.2 Å². The molecule has 12 nitrogen and oxygen atoms in total. The van der Waals surface area contributed by atoms with Crippen molar-refractivity contribution >= 4 is 39.3 Å². The second kappa shape index (κ2) is 14.5. The average molecular weight is 638 g/mol. The third-order valence-electron chi connectivity index (χ3n) is 7.76. The number of aliphatic hydroxyl groups excluding tert-OH is 1. The van der Waals surface area contributed by atoms with E-state index in [-0.39, 0.29) is 42.4 Å². The summed E-state index contributed by atoms with van der Waals surface area (Å²) in [6, 6.07) is 20.1. The minimum absolute atomic E-state index is 0.0140. The van der Waals surface area contributed by atoms with Crippen LogP contribution in [0.25, 0.3) is 0 Å². The highest BCUT2D eigenvalue weighted by molar-refractivity contribution is 7.89. The number of sulfonamides is 1. The van der Waals surface area contributed by atoms with Crippen LogP contribution in [0.3, 0.4) is 0 Å². The maximum absolute atomic E-state index is 13.7. The fourth-order valence-electron chi connectivity index (χ4n) is 4.94. The zero-order valence-electron chi connectivity index (χ0n) is 25.2. The number of nitrogen functional groups attached to an aromatic ring is 1. The van der Waals surface area contributed by atoms with Crippen LogP contribution >= 0.6 is 0 Å². The Kier molecular flexibility index (Phi) is 10.8.